The third kappa shape index (κ3) is 6.38. The molecular formula is C45H53N. The van der Waals surface area contributed by atoms with Crippen molar-refractivity contribution in [3.05, 3.63) is 144 Å². The first-order chi connectivity index (χ1) is 21.8. The van der Waals surface area contributed by atoms with E-state index in [0.717, 1.165) is 19.4 Å². The molecule has 1 aliphatic rings. The molecular weight excluding hydrogens is 555 g/mol. The summed E-state index contributed by atoms with van der Waals surface area (Å²) in [4.78, 5) is 0. The highest BCUT2D eigenvalue weighted by molar-refractivity contribution is 6.15. The number of para-hydroxylation sites is 1. The zero-order chi connectivity index (χ0) is 31.1. The van der Waals surface area contributed by atoms with Crippen molar-refractivity contribution < 1.29 is 0 Å². The highest BCUT2D eigenvalue weighted by Gasteiger charge is 2.25. The number of benzene rings is 6. The molecule has 46 heavy (non-hydrogen) atoms. The fraction of sp³-hybridized carbons (Fsp3) is 0.244. The second-order valence-corrected chi connectivity index (χ2v) is 10.6. The van der Waals surface area contributed by atoms with E-state index in [0.29, 0.717) is 0 Å². The molecule has 8 rings (SSSR count). The maximum absolute atomic E-state index is 2.45. The summed E-state index contributed by atoms with van der Waals surface area (Å²) in [6.45, 7) is 13.5. The molecule has 0 spiro atoms. The zero-order valence-electron chi connectivity index (χ0n) is 27.2. The summed E-state index contributed by atoms with van der Waals surface area (Å²) in [6.07, 6.45) is 2.13. The molecule has 0 fully saturated rings. The van der Waals surface area contributed by atoms with E-state index >= 15 is 0 Å². The summed E-state index contributed by atoms with van der Waals surface area (Å²) in [5.74, 6) is 0. The third-order valence-electron chi connectivity index (χ3n) is 8.49. The van der Waals surface area contributed by atoms with Gasteiger partial charge < -0.3 is 4.57 Å². The van der Waals surface area contributed by atoms with Crippen molar-refractivity contribution in [3.8, 4) is 22.4 Å². The largest absolute Gasteiger partial charge is 0.341 e. The van der Waals surface area contributed by atoms with Gasteiger partial charge in [0.15, 0.2) is 0 Å². The topological polar surface area (TPSA) is 4.93 Å². The van der Waals surface area contributed by atoms with Crippen LogP contribution in [0.5, 0.6) is 0 Å². The monoisotopic (exact) mass is 607 g/mol. The Kier molecular flexibility index (Phi) is 13.0. The van der Waals surface area contributed by atoms with Crippen LogP contribution >= 0.6 is 0 Å². The first-order valence-corrected chi connectivity index (χ1v) is 16.5. The Morgan fingerprint density at radius 1 is 0.522 bits per heavy atom. The molecule has 0 aliphatic heterocycles. The lowest BCUT2D eigenvalue weighted by atomic mass is 9.88. The second-order valence-electron chi connectivity index (χ2n) is 10.6. The summed E-state index contributed by atoms with van der Waals surface area (Å²) in [7, 11) is 0. The SMILES string of the molecule is C.C.CC.CC.CCc1c2ccccc2c(-c2ccccc2)c2ccccc12.CCn1c2c(c3ccccc31)Cc1ccccc1-2. The maximum Gasteiger partial charge on any atom is 0.0530 e. The van der Waals surface area contributed by atoms with Gasteiger partial charge in [-0.2, -0.15) is 0 Å². The van der Waals surface area contributed by atoms with Crippen LogP contribution in [0.4, 0.5) is 0 Å². The van der Waals surface area contributed by atoms with Crippen LogP contribution in [0.15, 0.2) is 127 Å². The van der Waals surface area contributed by atoms with Gasteiger partial charge in [-0.25, -0.2) is 0 Å². The Morgan fingerprint density at radius 3 is 1.57 bits per heavy atom. The summed E-state index contributed by atoms with van der Waals surface area (Å²) in [6, 6.07) is 45.9. The lowest BCUT2D eigenvalue weighted by Crippen LogP contribution is -1.96. The molecule has 1 aromatic heterocycles. The Morgan fingerprint density at radius 2 is 1.00 bits per heavy atom. The van der Waals surface area contributed by atoms with E-state index in [1.54, 1.807) is 0 Å². The molecule has 0 bridgehead atoms. The highest BCUT2D eigenvalue weighted by Crippen LogP contribution is 2.42. The third-order valence-corrected chi connectivity index (χ3v) is 8.49. The molecule has 0 amide bonds. The minimum atomic E-state index is 0. The van der Waals surface area contributed by atoms with Gasteiger partial charge in [-0.3, -0.25) is 0 Å². The van der Waals surface area contributed by atoms with Gasteiger partial charge >= 0.3 is 0 Å². The maximum atomic E-state index is 2.45. The molecule has 0 unspecified atom stereocenters. The van der Waals surface area contributed by atoms with Crippen LogP contribution in [-0.2, 0) is 19.4 Å². The van der Waals surface area contributed by atoms with Gasteiger partial charge in [0.05, 0.1) is 5.69 Å². The summed E-state index contributed by atoms with van der Waals surface area (Å²) < 4.78 is 2.45. The fourth-order valence-corrected chi connectivity index (χ4v) is 6.80. The first-order valence-electron chi connectivity index (χ1n) is 16.5. The molecule has 238 valence electrons. The van der Waals surface area contributed by atoms with Crippen LogP contribution in [0.3, 0.4) is 0 Å². The van der Waals surface area contributed by atoms with Gasteiger partial charge in [-0.1, -0.05) is 171 Å². The van der Waals surface area contributed by atoms with Gasteiger partial charge in [0.2, 0.25) is 0 Å². The minimum Gasteiger partial charge on any atom is -0.341 e. The van der Waals surface area contributed by atoms with Crippen LogP contribution in [0.2, 0.25) is 0 Å². The molecule has 7 aromatic rings. The van der Waals surface area contributed by atoms with Crippen LogP contribution in [0.1, 0.15) is 73.1 Å². The van der Waals surface area contributed by atoms with E-state index < -0.39 is 0 Å². The Labute approximate surface area is 278 Å². The fourth-order valence-electron chi connectivity index (χ4n) is 6.80. The summed E-state index contributed by atoms with van der Waals surface area (Å²) in [5.41, 5.74) is 11.3. The van der Waals surface area contributed by atoms with Gasteiger partial charge in [0.25, 0.3) is 0 Å². The lowest BCUT2D eigenvalue weighted by Gasteiger charge is -2.16. The zero-order valence-corrected chi connectivity index (χ0v) is 27.2. The number of hydrogen-bond acceptors (Lipinski definition) is 0. The molecule has 0 saturated heterocycles. The van der Waals surface area contributed by atoms with E-state index in [4.69, 9.17) is 0 Å². The van der Waals surface area contributed by atoms with E-state index in [1.165, 1.54) is 71.5 Å². The molecule has 0 radical (unpaired) electrons. The average Bonchev–Trinajstić information content (AvgIpc) is 3.64. The molecule has 6 aromatic carbocycles. The summed E-state index contributed by atoms with van der Waals surface area (Å²) in [5, 5.41) is 6.88. The number of aromatic nitrogens is 1. The Balaban J connectivity index is 0.000000220. The number of rotatable bonds is 3. The van der Waals surface area contributed by atoms with Crippen LogP contribution in [-0.4, -0.2) is 4.57 Å². The van der Waals surface area contributed by atoms with Gasteiger partial charge in [0.1, 0.15) is 0 Å². The van der Waals surface area contributed by atoms with Crippen molar-refractivity contribution in [1.29, 1.82) is 0 Å². The van der Waals surface area contributed by atoms with E-state index in [9.17, 15) is 0 Å². The molecule has 1 heteroatoms. The van der Waals surface area contributed by atoms with E-state index in [-0.39, 0.29) is 14.9 Å². The predicted molar refractivity (Wildman–Crippen MR) is 208 cm³/mol. The van der Waals surface area contributed by atoms with Gasteiger partial charge in [-0.05, 0) is 68.8 Å². The van der Waals surface area contributed by atoms with Crippen molar-refractivity contribution in [3.63, 3.8) is 0 Å². The van der Waals surface area contributed by atoms with E-state index in [2.05, 4.69) is 146 Å². The normalized spacial score (nSPS) is 10.6. The van der Waals surface area contributed by atoms with Crippen LogP contribution < -0.4 is 0 Å². The van der Waals surface area contributed by atoms with Crippen molar-refractivity contribution in [1.82, 2.24) is 4.57 Å². The van der Waals surface area contributed by atoms with Gasteiger partial charge in [0, 0.05) is 29.4 Å². The molecule has 0 atom stereocenters. The molecule has 0 N–H and O–H groups in total. The molecule has 1 aliphatic carbocycles. The van der Waals surface area contributed by atoms with E-state index in [1.807, 2.05) is 27.7 Å². The Bertz CT molecular complexity index is 1930. The lowest BCUT2D eigenvalue weighted by molar-refractivity contribution is 0.805. The number of nitrogens with zero attached hydrogens (tertiary/aromatic N) is 1. The molecule has 0 saturated carbocycles. The smallest absolute Gasteiger partial charge is 0.0530 e. The quantitative estimate of drug-likeness (QED) is 0.176. The van der Waals surface area contributed by atoms with Crippen molar-refractivity contribution in [2.24, 2.45) is 0 Å². The Hall–Kier alpha value is -4.62. The molecule has 1 nitrogen and oxygen atoms in total. The average molecular weight is 608 g/mol. The van der Waals surface area contributed by atoms with Crippen molar-refractivity contribution in [2.75, 3.05) is 0 Å². The first kappa shape index (κ1) is 35.9. The number of fused-ring (bicyclic) bond motifs is 7. The predicted octanol–water partition coefficient (Wildman–Crippen LogP) is 13.8. The van der Waals surface area contributed by atoms with Crippen molar-refractivity contribution in [2.45, 2.75) is 75.8 Å². The summed E-state index contributed by atoms with van der Waals surface area (Å²) >= 11 is 0. The number of aryl methyl sites for hydroxylation is 2. The standard InChI is InChI=1S/C22H18.C17H15N.2C2H6.2CH4/c1-2-17-18-12-6-8-14-20(18)22(16-10-4-3-5-11-16)21-15-9-7-13-19(17)21;1-2-18-16-10-6-5-9-14(16)15-11-12-7-3-4-8-13(12)17(15)18;2*1-2;;/h3-15H,2H2,1H3;3-10H,2,11H2,1H3;2*1-2H3;2*1H4. The second kappa shape index (κ2) is 16.6. The van der Waals surface area contributed by atoms with Crippen molar-refractivity contribution >= 4 is 32.4 Å². The van der Waals surface area contributed by atoms with Crippen LogP contribution in [0.25, 0.3) is 54.8 Å². The minimum absolute atomic E-state index is 0. The van der Waals surface area contributed by atoms with Gasteiger partial charge in [-0.15, -0.1) is 0 Å². The molecule has 1 heterocycles. The number of hydrogen-bond donors (Lipinski definition) is 0. The van der Waals surface area contributed by atoms with Crippen LogP contribution in [0, 0.1) is 0 Å². The highest BCUT2D eigenvalue weighted by atomic mass is 15.0.